The molecule has 1 aliphatic heterocycles. The molecule has 3 rings (SSSR count). The van der Waals surface area contributed by atoms with E-state index in [0.29, 0.717) is 21.6 Å². The van der Waals surface area contributed by atoms with Crippen LogP contribution >= 0.6 is 22.9 Å². The molecule has 1 aromatic carbocycles. The number of aromatic nitrogens is 1. The number of hydrogen-bond acceptors (Lipinski definition) is 5. The van der Waals surface area contributed by atoms with E-state index in [4.69, 9.17) is 16.3 Å². The van der Waals surface area contributed by atoms with Gasteiger partial charge in [0.15, 0.2) is 5.13 Å². The van der Waals surface area contributed by atoms with Gasteiger partial charge in [0.2, 0.25) is 0 Å². The lowest BCUT2D eigenvalue weighted by Crippen LogP contribution is -2.56. The Labute approximate surface area is 135 Å². The Morgan fingerprint density at radius 2 is 2.27 bits per heavy atom. The maximum absolute atomic E-state index is 12.4. The van der Waals surface area contributed by atoms with Crippen LogP contribution in [0.5, 0.6) is 5.75 Å². The molecule has 1 unspecified atom stereocenters. The van der Waals surface area contributed by atoms with Gasteiger partial charge in [0.1, 0.15) is 5.75 Å². The number of hydrogen-bond donors (Lipinski definition) is 2. The molecular formula is C14H12ClN3O3S. The summed E-state index contributed by atoms with van der Waals surface area (Å²) in [6, 6.07) is 4.80. The van der Waals surface area contributed by atoms with Crippen LogP contribution in [0.2, 0.25) is 5.02 Å². The molecule has 1 atom stereocenters. The lowest BCUT2D eigenvalue weighted by atomic mass is 10.0. The zero-order valence-corrected chi connectivity index (χ0v) is 13.3. The highest BCUT2D eigenvalue weighted by Crippen LogP contribution is 2.36. The maximum atomic E-state index is 12.4. The van der Waals surface area contributed by atoms with E-state index in [2.05, 4.69) is 15.6 Å². The summed E-state index contributed by atoms with van der Waals surface area (Å²) in [6.45, 7) is 3.23. The summed E-state index contributed by atoms with van der Waals surface area (Å²) < 4.78 is 5.62. The van der Waals surface area contributed by atoms with Crippen molar-refractivity contribution in [1.82, 2.24) is 4.98 Å². The number of ether oxygens (including phenoxy) is 1. The second kappa shape index (κ2) is 5.26. The molecule has 2 amide bonds. The topological polar surface area (TPSA) is 80.3 Å². The summed E-state index contributed by atoms with van der Waals surface area (Å²) in [7, 11) is 0. The van der Waals surface area contributed by atoms with Crippen LogP contribution in [-0.2, 0) is 9.59 Å². The Morgan fingerprint density at radius 1 is 1.50 bits per heavy atom. The largest absolute Gasteiger partial charge is 0.466 e. The highest BCUT2D eigenvalue weighted by atomic mass is 35.5. The van der Waals surface area contributed by atoms with Gasteiger partial charge in [-0.15, -0.1) is 11.3 Å². The molecule has 0 spiro atoms. The third kappa shape index (κ3) is 2.53. The number of anilines is 2. The number of benzene rings is 1. The van der Waals surface area contributed by atoms with E-state index in [1.54, 1.807) is 23.6 Å². The van der Waals surface area contributed by atoms with E-state index in [1.807, 2.05) is 6.92 Å². The SMILES string of the molecule is Cc1csc(NC(=O)C2(C)Oc3ccc(Cl)cc3NC2=O)n1. The van der Waals surface area contributed by atoms with Crippen LogP contribution < -0.4 is 15.4 Å². The quantitative estimate of drug-likeness (QED) is 0.826. The van der Waals surface area contributed by atoms with Crippen molar-refractivity contribution in [3.8, 4) is 5.75 Å². The van der Waals surface area contributed by atoms with Gasteiger partial charge in [0.25, 0.3) is 17.4 Å². The fraction of sp³-hybridized carbons (Fsp3) is 0.214. The highest BCUT2D eigenvalue weighted by molar-refractivity contribution is 7.13. The van der Waals surface area contributed by atoms with Crippen LogP contribution in [0.4, 0.5) is 10.8 Å². The molecule has 114 valence electrons. The zero-order valence-electron chi connectivity index (χ0n) is 11.8. The molecular weight excluding hydrogens is 326 g/mol. The van der Waals surface area contributed by atoms with E-state index in [9.17, 15) is 9.59 Å². The monoisotopic (exact) mass is 337 g/mol. The normalized spacial score (nSPS) is 19.9. The van der Waals surface area contributed by atoms with Gasteiger partial charge in [0, 0.05) is 10.4 Å². The first-order valence-electron chi connectivity index (χ1n) is 6.42. The highest BCUT2D eigenvalue weighted by Gasteiger charge is 2.47. The van der Waals surface area contributed by atoms with Crippen molar-refractivity contribution in [3.05, 3.63) is 34.3 Å². The first kappa shape index (κ1) is 14.8. The van der Waals surface area contributed by atoms with Gasteiger partial charge < -0.3 is 10.1 Å². The third-order valence-electron chi connectivity index (χ3n) is 3.21. The Hall–Kier alpha value is -2.12. The number of nitrogens with zero attached hydrogens (tertiary/aromatic N) is 1. The van der Waals surface area contributed by atoms with E-state index in [0.717, 1.165) is 5.69 Å². The van der Waals surface area contributed by atoms with Crippen molar-refractivity contribution in [2.24, 2.45) is 0 Å². The second-order valence-corrected chi connectivity index (χ2v) is 6.27. The lowest BCUT2D eigenvalue weighted by molar-refractivity contribution is -0.143. The number of fused-ring (bicyclic) bond motifs is 1. The Morgan fingerprint density at radius 3 is 2.95 bits per heavy atom. The number of nitrogens with one attached hydrogen (secondary N) is 2. The zero-order chi connectivity index (χ0) is 15.9. The van der Waals surface area contributed by atoms with Crippen LogP contribution in [0.25, 0.3) is 0 Å². The van der Waals surface area contributed by atoms with Crippen molar-refractivity contribution in [3.63, 3.8) is 0 Å². The molecule has 0 radical (unpaired) electrons. The average Bonchev–Trinajstić information content (AvgIpc) is 2.86. The molecule has 6 nitrogen and oxygen atoms in total. The minimum atomic E-state index is -1.68. The van der Waals surface area contributed by atoms with Gasteiger partial charge in [-0.2, -0.15) is 0 Å². The van der Waals surface area contributed by atoms with Crippen LogP contribution in [-0.4, -0.2) is 22.4 Å². The standard InChI is InChI=1S/C14H12ClN3O3S/c1-7-6-22-13(16-7)18-12(20)14(2)11(19)17-9-5-8(15)3-4-10(9)21-14/h3-6H,1-2H3,(H,17,19)(H,16,18,20). The van der Waals surface area contributed by atoms with Crippen LogP contribution in [0, 0.1) is 6.92 Å². The number of rotatable bonds is 2. The molecule has 8 heteroatoms. The van der Waals surface area contributed by atoms with Gasteiger partial charge in [-0.05, 0) is 32.0 Å². The number of carbonyl (C=O) groups is 2. The fourth-order valence-corrected chi connectivity index (χ4v) is 2.83. The molecule has 0 saturated carbocycles. The molecule has 0 saturated heterocycles. The smallest absolute Gasteiger partial charge is 0.280 e. The van der Waals surface area contributed by atoms with Gasteiger partial charge in [-0.25, -0.2) is 4.98 Å². The number of aryl methyl sites for hydroxylation is 1. The maximum Gasteiger partial charge on any atom is 0.280 e. The van der Waals surface area contributed by atoms with Crippen molar-refractivity contribution in [2.45, 2.75) is 19.4 Å². The Bertz CT molecular complexity index is 776. The number of amides is 2. The van der Waals surface area contributed by atoms with Crippen molar-refractivity contribution in [2.75, 3.05) is 10.6 Å². The van der Waals surface area contributed by atoms with Crippen molar-refractivity contribution in [1.29, 1.82) is 0 Å². The molecule has 2 heterocycles. The Balaban J connectivity index is 1.87. The summed E-state index contributed by atoms with van der Waals surface area (Å²) in [4.78, 5) is 28.8. The van der Waals surface area contributed by atoms with Gasteiger partial charge >= 0.3 is 0 Å². The number of carbonyl (C=O) groups excluding carboxylic acids is 2. The molecule has 2 aromatic rings. The summed E-state index contributed by atoms with van der Waals surface area (Å²) >= 11 is 7.16. The predicted molar refractivity (Wildman–Crippen MR) is 84.6 cm³/mol. The molecule has 22 heavy (non-hydrogen) atoms. The first-order valence-corrected chi connectivity index (χ1v) is 7.68. The second-order valence-electron chi connectivity index (χ2n) is 4.98. The molecule has 0 aliphatic carbocycles. The number of thiazole rings is 1. The van der Waals surface area contributed by atoms with E-state index in [1.165, 1.54) is 18.3 Å². The van der Waals surface area contributed by atoms with E-state index in [-0.39, 0.29) is 0 Å². The lowest BCUT2D eigenvalue weighted by Gasteiger charge is -2.33. The van der Waals surface area contributed by atoms with Crippen LogP contribution in [0.3, 0.4) is 0 Å². The van der Waals surface area contributed by atoms with E-state index < -0.39 is 17.4 Å². The minimum Gasteiger partial charge on any atom is -0.466 e. The first-order chi connectivity index (χ1) is 10.4. The van der Waals surface area contributed by atoms with Gasteiger partial charge in [-0.1, -0.05) is 11.6 Å². The summed E-state index contributed by atoms with van der Waals surface area (Å²) in [5.74, 6) is -0.759. The third-order valence-corrected chi connectivity index (χ3v) is 4.32. The van der Waals surface area contributed by atoms with Gasteiger partial charge in [0.05, 0.1) is 11.4 Å². The number of halogens is 1. The van der Waals surface area contributed by atoms with Crippen LogP contribution in [0.1, 0.15) is 12.6 Å². The van der Waals surface area contributed by atoms with Gasteiger partial charge in [-0.3, -0.25) is 14.9 Å². The predicted octanol–water partition coefficient (Wildman–Crippen LogP) is 2.83. The Kier molecular flexibility index (Phi) is 3.54. The molecule has 1 aromatic heterocycles. The van der Waals surface area contributed by atoms with Crippen LogP contribution in [0.15, 0.2) is 23.6 Å². The summed E-state index contributed by atoms with van der Waals surface area (Å²) in [6.07, 6.45) is 0. The summed E-state index contributed by atoms with van der Waals surface area (Å²) in [5, 5.41) is 7.93. The molecule has 2 N–H and O–H groups in total. The minimum absolute atomic E-state index is 0.386. The molecule has 0 bridgehead atoms. The molecule has 1 aliphatic rings. The average molecular weight is 338 g/mol. The summed E-state index contributed by atoms with van der Waals surface area (Å²) in [5.41, 5.74) is -0.451. The van der Waals surface area contributed by atoms with E-state index >= 15 is 0 Å². The fourth-order valence-electron chi connectivity index (χ4n) is 1.97. The van der Waals surface area contributed by atoms with Crippen molar-refractivity contribution >= 4 is 45.6 Å². The van der Waals surface area contributed by atoms with Crippen molar-refractivity contribution < 1.29 is 14.3 Å². The molecule has 0 fully saturated rings.